The molecule has 0 saturated carbocycles. The third kappa shape index (κ3) is 2.76. The first-order valence-electron chi connectivity index (χ1n) is 10.9. The van der Waals surface area contributed by atoms with Crippen LogP contribution in [0, 0.1) is 0 Å². The van der Waals surface area contributed by atoms with Crippen LogP contribution < -0.4 is 4.90 Å². The van der Waals surface area contributed by atoms with Gasteiger partial charge in [0.1, 0.15) is 0 Å². The molecule has 0 aromatic heterocycles. The van der Waals surface area contributed by atoms with Crippen molar-refractivity contribution in [2.24, 2.45) is 0 Å². The topological polar surface area (TPSA) is 3.24 Å². The van der Waals surface area contributed by atoms with Crippen LogP contribution in [-0.4, -0.2) is 0 Å². The number of halogens is 2. The summed E-state index contributed by atoms with van der Waals surface area (Å²) in [6.45, 7) is 0. The molecule has 0 unspecified atom stereocenters. The van der Waals surface area contributed by atoms with Crippen LogP contribution in [0.15, 0.2) is 112 Å². The minimum atomic E-state index is 1.12. The Balaban J connectivity index is 1.56. The van der Waals surface area contributed by atoms with Gasteiger partial charge in [-0.15, -0.1) is 0 Å². The first kappa shape index (κ1) is 19.3. The molecule has 1 aliphatic heterocycles. The zero-order valence-electron chi connectivity index (χ0n) is 17.5. The van der Waals surface area contributed by atoms with Crippen molar-refractivity contribution in [3.8, 4) is 11.1 Å². The molecule has 0 atom stereocenters. The summed E-state index contributed by atoms with van der Waals surface area (Å²) >= 11 is 7.60. The van der Waals surface area contributed by atoms with Gasteiger partial charge in [0.15, 0.2) is 0 Å². The lowest BCUT2D eigenvalue weighted by atomic mass is 9.90. The van der Waals surface area contributed by atoms with Crippen molar-refractivity contribution in [3.05, 3.63) is 112 Å². The Hall–Kier alpha value is -3.14. The molecule has 6 aromatic rings. The van der Waals surface area contributed by atoms with Gasteiger partial charge >= 0.3 is 0 Å². The summed E-state index contributed by atoms with van der Waals surface area (Å²) in [5, 5.41) is 7.67. The largest absolute Gasteiger partial charge is 0.309 e. The molecule has 33 heavy (non-hydrogen) atoms. The molecule has 0 spiro atoms. The lowest BCUT2D eigenvalue weighted by Gasteiger charge is -2.33. The summed E-state index contributed by atoms with van der Waals surface area (Å²) in [6.07, 6.45) is 0. The molecule has 0 amide bonds. The molecule has 156 valence electrons. The van der Waals surface area contributed by atoms with Gasteiger partial charge in [0, 0.05) is 30.8 Å². The molecule has 0 aliphatic carbocycles. The van der Waals surface area contributed by atoms with Crippen LogP contribution in [0.2, 0.25) is 0 Å². The summed E-state index contributed by atoms with van der Waals surface area (Å²) in [5.74, 6) is 0. The van der Waals surface area contributed by atoms with Gasteiger partial charge in [-0.25, -0.2) is 0 Å². The molecule has 0 fully saturated rings. The van der Waals surface area contributed by atoms with E-state index in [1.165, 1.54) is 54.8 Å². The monoisotopic (exact) mass is 549 g/mol. The number of anilines is 3. The zero-order valence-corrected chi connectivity index (χ0v) is 20.7. The number of benzene rings is 6. The van der Waals surface area contributed by atoms with Gasteiger partial charge in [-0.05, 0) is 63.7 Å². The average molecular weight is 551 g/mol. The van der Waals surface area contributed by atoms with Gasteiger partial charge in [-0.2, -0.15) is 0 Å². The maximum Gasteiger partial charge on any atom is 0.0547 e. The maximum absolute atomic E-state index is 3.80. The second-order valence-corrected chi connectivity index (χ2v) is 10.2. The van der Waals surface area contributed by atoms with Crippen molar-refractivity contribution >= 4 is 81.2 Å². The van der Waals surface area contributed by atoms with E-state index in [0.29, 0.717) is 0 Å². The fourth-order valence-corrected chi connectivity index (χ4v) is 6.14. The summed E-state index contributed by atoms with van der Waals surface area (Å²) in [5.41, 5.74) is 6.05. The van der Waals surface area contributed by atoms with Crippen molar-refractivity contribution in [3.63, 3.8) is 0 Å². The van der Waals surface area contributed by atoms with Crippen molar-refractivity contribution in [1.29, 1.82) is 0 Å². The van der Waals surface area contributed by atoms with E-state index in [1.807, 2.05) is 0 Å². The van der Waals surface area contributed by atoms with E-state index in [4.69, 9.17) is 0 Å². The maximum atomic E-state index is 3.80. The third-order valence-electron chi connectivity index (χ3n) is 6.70. The number of hydrogen-bond acceptors (Lipinski definition) is 1. The van der Waals surface area contributed by atoms with E-state index < -0.39 is 0 Å². The van der Waals surface area contributed by atoms with Crippen LogP contribution in [0.5, 0.6) is 0 Å². The minimum Gasteiger partial charge on any atom is -0.309 e. The molecule has 0 saturated heterocycles. The van der Waals surface area contributed by atoms with Gasteiger partial charge in [0.25, 0.3) is 0 Å². The fourth-order valence-electron chi connectivity index (χ4n) is 5.21. The summed E-state index contributed by atoms with van der Waals surface area (Å²) in [4.78, 5) is 2.41. The SMILES string of the molecule is Brc1ccc2c3c1ccc1ccc4c(Br)ccc(c4c13)N2c1ccc(-c2ccccc2)cc1. The van der Waals surface area contributed by atoms with Gasteiger partial charge in [0.2, 0.25) is 0 Å². The lowest BCUT2D eigenvalue weighted by molar-refractivity contribution is 1.31. The van der Waals surface area contributed by atoms with E-state index >= 15 is 0 Å². The number of rotatable bonds is 2. The molecular weight excluding hydrogens is 534 g/mol. The predicted molar refractivity (Wildman–Crippen MR) is 148 cm³/mol. The van der Waals surface area contributed by atoms with Gasteiger partial charge < -0.3 is 4.90 Å². The first-order chi connectivity index (χ1) is 16.2. The van der Waals surface area contributed by atoms with Crippen molar-refractivity contribution in [2.75, 3.05) is 4.90 Å². The Morgan fingerprint density at radius 1 is 0.455 bits per heavy atom. The Bertz CT molecular complexity index is 1640. The second kappa shape index (κ2) is 7.18. The minimum absolute atomic E-state index is 1.12. The Morgan fingerprint density at radius 3 is 1.58 bits per heavy atom. The molecular formula is C30H17Br2N. The van der Waals surface area contributed by atoms with Crippen molar-refractivity contribution in [2.45, 2.75) is 0 Å². The smallest absolute Gasteiger partial charge is 0.0547 e. The highest BCUT2D eigenvalue weighted by atomic mass is 79.9. The average Bonchev–Trinajstić information content (AvgIpc) is 2.87. The summed E-state index contributed by atoms with van der Waals surface area (Å²) in [6, 6.07) is 37.2. The van der Waals surface area contributed by atoms with Crippen LogP contribution in [-0.2, 0) is 0 Å². The molecule has 0 N–H and O–H groups in total. The molecule has 3 heteroatoms. The van der Waals surface area contributed by atoms with E-state index in [2.05, 4.69) is 140 Å². The highest BCUT2D eigenvalue weighted by Crippen LogP contribution is 2.52. The molecule has 1 nitrogen and oxygen atoms in total. The van der Waals surface area contributed by atoms with Crippen molar-refractivity contribution in [1.82, 2.24) is 0 Å². The van der Waals surface area contributed by atoms with Gasteiger partial charge in [-0.1, -0.05) is 98.6 Å². The Kier molecular flexibility index (Phi) is 4.21. The van der Waals surface area contributed by atoms with Crippen LogP contribution in [0.3, 0.4) is 0 Å². The zero-order chi connectivity index (χ0) is 22.1. The van der Waals surface area contributed by atoms with E-state index in [1.54, 1.807) is 0 Å². The van der Waals surface area contributed by atoms with Crippen LogP contribution in [0.4, 0.5) is 17.1 Å². The third-order valence-corrected chi connectivity index (χ3v) is 8.09. The van der Waals surface area contributed by atoms with Crippen LogP contribution >= 0.6 is 31.9 Å². The molecule has 0 radical (unpaired) electrons. The quantitative estimate of drug-likeness (QED) is 0.193. The van der Waals surface area contributed by atoms with Crippen molar-refractivity contribution < 1.29 is 0 Å². The fraction of sp³-hybridized carbons (Fsp3) is 0. The lowest BCUT2D eigenvalue weighted by Crippen LogP contribution is -2.14. The molecule has 6 aromatic carbocycles. The van der Waals surface area contributed by atoms with E-state index in [9.17, 15) is 0 Å². The highest BCUT2D eigenvalue weighted by Gasteiger charge is 2.26. The predicted octanol–water partition coefficient (Wildman–Crippen LogP) is 10.1. The first-order valence-corrected chi connectivity index (χ1v) is 12.5. The Morgan fingerprint density at radius 2 is 1.00 bits per heavy atom. The van der Waals surface area contributed by atoms with Crippen LogP contribution in [0.25, 0.3) is 43.4 Å². The van der Waals surface area contributed by atoms with Crippen LogP contribution in [0.1, 0.15) is 0 Å². The standard InChI is InChI=1S/C30H17Br2N/c31-24-14-16-26-29-22(24)12-8-20-9-13-23-25(32)15-17-27(30(23)28(20)29)33(26)21-10-6-19(7-11-21)18-4-2-1-3-5-18/h1-17H. The van der Waals surface area contributed by atoms with E-state index in [-0.39, 0.29) is 0 Å². The Labute approximate surface area is 208 Å². The summed E-state index contributed by atoms with van der Waals surface area (Å²) < 4.78 is 2.25. The van der Waals surface area contributed by atoms with Gasteiger partial charge in [0.05, 0.1) is 11.4 Å². The molecule has 0 bridgehead atoms. The molecule has 1 heterocycles. The number of hydrogen-bond donors (Lipinski definition) is 0. The van der Waals surface area contributed by atoms with Gasteiger partial charge in [-0.3, -0.25) is 0 Å². The molecule has 7 rings (SSSR count). The highest BCUT2D eigenvalue weighted by molar-refractivity contribution is 9.11. The normalized spacial score (nSPS) is 12.5. The second-order valence-electron chi connectivity index (χ2n) is 8.46. The van der Waals surface area contributed by atoms with E-state index in [0.717, 1.165) is 14.6 Å². The number of nitrogens with zero attached hydrogens (tertiary/aromatic N) is 1. The summed E-state index contributed by atoms with van der Waals surface area (Å²) in [7, 11) is 0. The molecule has 1 aliphatic rings.